The zero-order valence-corrected chi connectivity index (χ0v) is 6.65. The van der Waals surface area contributed by atoms with Gasteiger partial charge in [-0.3, -0.25) is 0 Å². The minimum absolute atomic E-state index is 0.199. The lowest BCUT2D eigenvalue weighted by molar-refractivity contribution is 0.322. The molecule has 10 heavy (non-hydrogen) atoms. The van der Waals surface area contributed by atoms with E-state index in [4.69, 9.17) is 9.52 Å². The summed E-state index contributed by atoms with van der Waals surface area (Å²) in [5.74, 6) is 1.62. The normalized spacial score (nSPS) is 10.2. The quantitative estimate of drug-likeness (QED) is 0.679. The van der Waals surface area contributed by atoms with Crippen molar-refractivity contribution >= 4 is 11.8 Å². The van der Waals surface area contributed by atoms with E-state index in [0.717, 1.165) is 10.9 Å². The van der Waals surface area contributed by atoms with Crippen molar-refractivity contribution in [1.29, 1.82) is 0 Å². The van der Waals surface area contributed by atoms with Gasteiger partial charge < -0.3 is 9.52 Å². The Morgan fingerprint density at radius 1 is 1.60 bits per heavy atom. The molecule has 56 valence electrons. The zero-order valence-electron chi connectivity index (χ0n) is 5.83. The second-order valence-electron chi connectivity index (χ2n) is 1.94. The summed E-state index contributed by atoms with van der Waals surface area (Å²) in [6.45, 7) is 2.10. The third kappa shape index (κ3) is 2.08. The van der Waals surface area contributed by atoms with E-state index in [1.54, 1.807) is 0 Å². The topological polar surface area (TPSA) is 33.4 Å². The van der Waals surface area contributed by atoms with Crippen molar-refractivity contribution in [2.75, 3.05) is 12.4 Å². The molecule has 0 aliphatic rings. The van der Waals surface area contributed by atoms with Crippen molar-refractivity contribution in [2.45, 2.75) is 12.0 Å². The van der Waals surface area contributed by atoms with Crippen LogP contribution in [-0.4, -0.2) is 17.5 Å². The van der Waals surface area contributed by atoms with Crippen LogP contribution in [0.25, 0.3) is 0 Å². The maximum atomic E-state index is 8.47. The molecule has 0 unspecified atom stereocenters. The smallest absolute Gasteiger partial charge is 0.160 e. The van der Waals surface area contributed by atoms with Crippen LogP contribution < -0.4 is 0 Å². The third-order valence-electron chi connectivity index (χ3n) is 1.05. The van der Waals surface area contributed by atoms with Gasteiger partial charge in [0.05, 0.1) is 6.61 Å². The summed E-state index contributed by atoms with van der Waals surface area (Å²) in [5.41, 5.74) is 0. The van der Waals surface area contributed by atoms with Gasteiger partial charge in [0.25, 0.3) is 0 Å². The van der Waals surface area contributed by atoms with Crippen molar-refractivity contribution in [1.82, 2.24) is 0 Å². The Hall–Kier alpha value is -0.410. The fourth-order valence-electron chi connectivity index (χ4n) is 0.636. The fraction of sp³-hybridized carbons (Fsp3) is 0.429. The van der Waals surface area contributed by atoms with Crippen LogP contribution in [0.15, 0.2) is 21.6 Å². The molecule has 0 saturated carbocycles. The molecular formula is C7H10O2S. The number of rotatable bonds is 3. The predicted molar refractivity (Wildman–Crippen MR) is 41.3 cm³/mol. The van der Waals surface area contributed by atoms with Gasteiger partial charge in [0.2, 0.25) is 0 Å². The Balaban J connectivity index is 2.42. The first-order valence-electron chi connectivity index (χ1n) is 3.13. The summed E-state index contributed by atoms with van der Waals surface area (Å²) in [4.78, 5) is 0. The molecule has 1 heterocycles. The molecule has 0 amide bonds. The van der Waals surface area contributed by atoms with Gasteiger partial charge in [-0.05, 0) is 19.1 Å². The monoisotopic (exact) mass is 158 g/mol. The Labute approximate surface area is 64.2 Å². The first kappa shape index (κ1) is 7.69. The minimum atomic E-state index is 0.199. The number of aliphatic hydroxyl groups excluding tert-OH is 1. The Kier molecular flexibility index (Phi) is 2.83. The van der Waals surface area contributed by atoms with Crippen molar-refractivity contribution < 1.29 is 9.52 Å². The lowest BCUT2D eigenvalue weighted by atomic mass is 10.5. The van der Waals surface area contributed by atoms with E-state index >= 15 is 0 Å². The molecule has 1 aromatic rings. The maximum Gasteiger partial charge on any atom is 0.160 e. The van der Waals surface area contributed by atoms with E-state index in [1.807, 2.05) is 19.1 Å². The second kappa shape index (κ2) is 3.68. The number of thioether (sulfide) groups is 1. The van der Waals surface area contributed by atoms with E-state index in [2.05, 4.69) is 0 Å². The summed E-state index contributed by atoms with van der Waals surface area (Å²) >= 11 is 1.52. The molecule has 0 saturated heterocycles. The molecule has 0 radical (unpaired) electrons. The molecule has 0 bridgehead atoms. The van der Waals surface area contributed by atoms with Gasteiger partial charge >= 0.3 is 0 Å². The summed E-state index contributed by atoms with van der Waals surface area (Å²) in [5, 5.41) is 9.35. The van der Waals surface area contributed by atoms with Gasteiger partial charge in [-0.1, -0.05) is 11.8 Å². The lowest BCUT2D eigenvalue weighted by Crippen LogP contribution is -1.83. The number of hydrogen-bond donors (Lipinski definition) is 1. The van der Waals surface area contributed by atoms with Crippen molar-refractivity contribution in [3.8, 4) is 0 Å². The molecule has 1 aromatic heterocycles. The van der Waals surface area contributed by atoms with E-state index in [9.17, 15) is 0 Å². The maximum absolute atomic E-state index is 8.47. The summed E-state index contributed by atoms with van der Waals surface area (Å²) in [7, 11) is 0. The van der Waals surface area contributed by atoms with Crippen LogP contribution >= 0.6 is 11.8 Å². The Morgan fingerprint density at radius 2 is 2.40 bits per heavy atom. The highest BCUT2D eigenvalue weighted by atomic mass is 32.2. The molecule has 2 nitrogen and oxygen atoms in total. The number of aliphatic hydroxyl groups is 1. The van der Waals surface area contributed by atoms with Crippen LogP contribution in [0.3, 0.4) is 0 Å². The number of furan rings is 1. The molecule has 0 atom stereocenters. The number of aryl methyl sites for hydroxylation is 1. The average molecular weight is 158 g/mol. The predicted octanol–water partition coefficient (Wildman–Crippen LogP) is 1.67. The molecular weight excluding hydrogens is 148 g/mol. The summed E-state index contributed by atoms with van der Waals surface area (Å²) in [6.07, 6.45) is 0. The van der Waals surface area contributed by atoms with E-state index in [1.165, 1.54) is 11.8 Å². The van der Waals surface area contributed by atoms with Crippen molar-refractivity contribution in [2.24, 2.45) is 0 Å². The molecule has 0 aliphatic heterocycles. The van der Waals surface area contributed by atoms with Crippen LogP contribution in [0.5, 0.6) is 0 Å². The molecule has 0 aromatic carbocycles. The van der Waals surface area contributed by atoms with Gasteiger partial charge in [-0.2, -0.15) is 0 Å². The molecule has 1 rings (SSSR count). The summed E-state index contributed by atoms with van der Waals surface area (Å²) in [6, 6.07) is 3.83. The minimum Gasteiger partial charge on any atom is -0.455 e. The van der Waals surface area contributed by atoms with E-state index < -0.39 is 0 Å². The van der Waals surface area contributed by atoms with Crippen LogP contribution in [0.2, 0.25) is 0 Å². The van der Waals surface area contributed by atoms with Crippen LogP contribution in [-0.2, 0) is 0 Å². The standard InChI is InChI=1S/C7H10O2S/c1-6-2-3-7(9-6)10-5-4-8/h2-3,8H,4-5H2,1H3. The van der Waals surface area contributed by atoms with Gasteiger partial charge in [-0.15, -0.1) is 0 Å². The SMILES string of the molecule is Cc1ccc(SCCO)o1. The van der Waals surface area contributed by atoms with Crippen LogP contribution in [0, 0.1) is 6.92 Å². The fourth-order valence-corrected chi connectivity index (χ4v) is 1.28. The van der Waals surface area contributed by atoms with E-state index in [0.29, 0.717) is 5.75 Å². The molecule has 0 aliphatic carbocycles. The van der Waals surface area contributed by atoms with E-state index in [-0.39, 0.29) is 6.61 Å². The second-order valence-corrected chi connectivity index (χ2v) is 3.04. The Bertz CT molecular complexity index is 195. The first-order chi connectivity index (χ1) is 4.83. The van der Waals surface area contributed by atoms with Crippen molar-refractivity contribution in [3.05, 3.63) is 17.9 Å². The molecule has 3 heteroatoms. The number of hydrogen-bond acceptors (Lipinski definition) is 3. The highest BCUT2D eigenvalue weighted by molar-refractivity contribution is 7.99. The van der Waals surface area contributed by atoms with Gasteiger partial charge in [0, 0.05) is 5.75 Å². The van der Waals surface area contributed by atoms with Crippen molar-refractivity contribution in [3.63, 3.8) is 0 Å². The third-order valence-corrected chi connectivity index (χ3v) is 1.94. The molecule has 0 fully saturated rings. The van der Waals surface area contributed by atoms with Gasteiger partial charge in [-0.25, -0.2) is 0 Å². The Morgan fingerprint density at radius 3 is 2.90 bits per heavy atom. The zero-order chi connectivity index (χ0) is 7.40. The highest BCUT2D eigenvalue weighted by Crippen LogP contribution is 2.19. The van der Waals surface area contributed by atoms with Crippen LogP contribution in [0.4, 0.5) is 0 Å². The molecule has 1 N–H and O–H groups in total. The lowest BCUT2D eigenvalue weighted by Gasteiger charge is -1.90. The van der Waals surface area contributed by atoms with Gasteiger partial charge in [0.1, 0.15) is 5.76 Å². The first-order valence-corrected chi connectivity index (χ1v) is 4.11. The average Bonchev–Trinajstić information content (AvgIpc) is 2.31. The van der Waals surface area contributed by atoms with Gasteiger partial charge in [0.15, 0.2) is 5.09 Å². The summed E-state index contributed by atoms with van der Waals surface area (Å²) < 4.78 is 5.24. The largest absolute Gasteiger partial charge is 0.455 e. The highest BCUT2D eigenvalue weighted by Gasteiger charge is 1.96. The van der Waals surface area contributed by atoms with Crippen LogP contribution in [0.1, 0.15) is 5.76 Å². The molecule has 0 spiro atoms.